The summed E-state index contributed by atoms with van der Waals surface area (Å²) >= 11 is 0. The van der Waals surface area contributed by atoms with Crippen molar-refractivity contribution in [1.29, 1.82) is 0 Å². The lowest BCUT2D eigenvalue weighted by Gasteiger charge is -2.29. The van der Waals surface area contributed by atoms with Gasteiger partial charge in [0.15, 0.2) is 0 Å². The number of nitrogens with zero attached hydrogens (tertiary/aromatic N) is 2. The molecule has 1 aromatic rings. The topological polar surface area (TPSA) is 88.1 Å². The van der Waals surface area contributed by atoms with Gasteiger partial charge in [0.25, 0.3) is 0 Å². The van der Waals surface area contributed by atoms with Gasteiger partial charge in [-0.2, -0.15) is 5.10 Å². The minimum atomic E-state index is -0.481. The van der Waals surface area contributed by atoms with E-state index in [1.807, 2.05) is 10.7 Å². The first-order valence-corrected chi connectivity index (χ1v) is 5.58. The lowest BCUT2D eigenvalue weighted by molar-refractivity contribution is -0.124. The second-order valence-electron chi connectivity index (χ2n) is 4.29. The molecule has 7 nitrogen and oxygen atoms in total. The molecule has 90 valence electrons. The summed E-state index contributed by atoms with van der Waals surface area (Å²) in [5.74, 6) is 0.282. The highest BCUT2D eigenvalue weighted by molar-refractivity contribution is 6.06. The molecule has 1 atom stereocenters. The standard InChI is InChI=1S/C10H13N5O2/c16-9-3-7(10(17)14-9)13-8-1-2-12-15(8)6-4-11-5-6/h1-2,6-7,11,13H,3-5H2,(H,14,16,17). The summed E-state index contributed by atoms with van der Waals surface area (Å²) in [5, 5.41) is 12.7. The van der Waals surface area contributed by atoms with Gasteiger partial charge < -0.3 is 10.6 Å². The van der Waals surface area contributed by atoms with Crippen LogP contribution in [0.2, 0.25) is 0 Å². The SMILES string of the molecule is O=C1CC(Nc2ccnn2C2CNC2)C(=O)N1. The predicted octanol–water partition coefficient (Wildman–Crippen LogP) is -1.15. The fourth-order valence-corrected chi connectivity index (χ4v) is 2.01. The molecule has 3 heterocycles. The van der Waals surface area contributed by atoms with E-state index in [0.29, 0.717) is 6.04 Å². The average Bonchev–Trinajstić information content (AvgIpc) is 2.74. The highest BCUT2D eigenvalue weighted by Crippen LogP contribution is 2.19. The quantitative estimate of drug-likeness (QED) is 0.576. The summed E-state index contributed by atoms with van der Waals surface area (Å²) in [4.78, 5) is 22.5. The second-order valence-corrected chi connectivity index (χ2v) is 4.29. The molecule has 7 heteroatoms. The Kier molecular flexibility index (Phi) is 2.32. The lowest BCUT2D eigenvalue weighted by atomic mass is 10.2. The number of nitrogens with one attached hydrogen (secondary N) is 3. The maximum atomic E-state index is 11.4. The maximum absolute atomic E-state index is 11.4. The smallest absolute Gasteiger partial charge is 0.249 e. The number of hydrogen-bond donors (Lipinski definition) is 3. The summed E-state index contributed by atoms with van der Waals surface area (Å²) in [6.07, 6.45) is 1.88. The first kappa shape index (κ1) is 10.3. The first-order chi connectivity index (χ1) is 8.24. The fourth-order valence-electron chi connectivity index (χ4n) is 2.01. The van der Waals surface area contributed by atoms with Crippen LogP contribution in [-0.2, 0) is 9.59 Å². The van der Waals surface area contributed by atoms with Gasteiger partial charge in [-0.3, -0.25) is 14.9 Å². The van der Waals surface area contributed by atoms with Gasteiger partial charge >= 0.3 is 0 Å². The van der Waals surface area contributed by atoms with Crippen LogP contribution in [0.5, 0.6) is 0 Å². The summed E-state index contributed by atoms with van der Waals surface area (Å²) in [5.41, 5.74) is 0. The fraction of sp³-hybridized carbons (Fsp3) is 0.500. The zero-order valence-corrected chi connectivity index (χ0v) is 9.14. The Balaban J connectivity index is 1.74. The van der Waals surface area contributed by atoms with Gasteiger partial charge in [0, 0.05) is 19.2 Å². The summed E-state index contributed by atoms with van der Waals surface area (Å²) in [6.45, 7) is 1.76. The summed E-state index contributed by atoms with van der Waals surface area (Å²) < 4.78 is 1.85. The third-order valence-corrected chi connectivity index (χ3v) is 3.07. The van der Waals surface area contributed by atoms with Gasteiger partial charge in [0.05, 0.1) is 18.7 Å². The Bertz CT molecular complexity index is 465. The molecule has 2 amide bonds. The number of rotatable bonds is 3. The molecule has 17 heavy (non-hydrogen) atoms. The van der Waals surface area contributed by atoms with Crippen molar-refractivity contribution < 1.29 is 9.59 Å². The molecule has 0 aromatic carbocycles. The largest absolute Gasteiger partial charge is 0.358 e. The minimum absolute atomic E-state index is 0.187. The number of carbonyl (C=O) groups excluding carboxylic acids is 2. The monoisotopic (exact) mass is 235 g/mol. The highest BCUT2D eigenvalue weighted by Gasteiger charge is 2.31. The predicted molar refractivity (Wildman–Crippen MR) is 59.3 cm³/mol. The Morgan fingerprint density at radius 3 is 2.82 bits per heavy atom. The zero-order chi connectivity index (χ0) is 11.8. The van der Waals surface area contributed by atoms with Crippen LogP contribution in [0.15, 0.2) is 12.3 Å². The molecule has 3 N–H and O–H groups in total. The van der Waals surface area contributed by atoms with E-state index in [1.165, 1.54) is 0 Å². The van der Waals surface area contributed by atoms with E-state index in [1.54, 1.807) is 6.20 Å². The molecule has 2 aliphatic rings. The zero-order valence-electron chi connectivity index (χ0n) is 9.14. The van der Waals surface area contributed by atoms with Crippen LogP contribution in [0.3, 0.4) is 0 Å². The van der Waals surface area contributed by atoms with Crippen molar-refractivity contribution in [2.24, 2.45) is 0 Å². The van der Waals surface area contributed by atoms with Gasteiger partial charge in [0.1, 0.15) is 11.9 Å². The molecule has 2 aliphatic heterocycles. The molecular weight excluding hydrogens is 222 g/mol. The molecule has 2 fully saturated rings. The maximum Gasteiger partial charge on any atom is 0.249 e. The van der Waals surface area contributed by atoms with Gasteiger partial charge in [-0.25, -0.2) is 4.68 Å². The van der Waals surface area contributed by atoms with Gasteiger partial charge in [0.2, 0.25) is 11.8 Å². The van der Waals surface area contributed by atoms with E-state index < -0.39 is 6.04 Å². The molecule has 0 aliphatic carbocycles. The molecule has 0 spiro atoms. The Hall–Kier alpha value is -1.89. The van der Waals surface area contributed by atoms with Gasteiger partial charge in [-0.05, 0) is 0 Å². The number of amides is 2. The lowest BCUT2D eigenvalue weighted by Crippen LogP contribution is -2.44. The van der Waals surface area contributed by atoms with Crippen molar-refractivity contribution >= 4 is 17.6 Å². The van der Waals surface area contributed by atoms with E-state index in [9.17, 15) is 9.59 Å². The van der Waals surface area contributed by atoms with Crippen LogP contribution in [0, 0.1) is 0 Å². The van der Waals surface area contributed by atoms with Crippen molar-refractivity contribution in [2.45, 2.75) is 18.5 Å². The van der Waals surface area contributed by atoms with Crippen molar-refractivity contribution in [3.8, 4) is 0 Å². The van der Waals surface area contributed by atoms with Crippen LogP contribution >= 0.6 is 0 Å². The Morgan fingerprint density at radius 2 is 2.24 bits per heavy atom. The van der Waals surface area contributed by atoms with Crippen molar-refractivity contribution in [2.75, 3.05) is 18.4 Å². The number of aromatic nitrogens is 2. The average molecular weight is 235 g/mol. The number of anilines is 1. The van der Waals surface area contributed by atoms with E-state index in [0.717, 1.165) is 18.9 Å². The summed E-state index contributed by atoms with van der Waals surface area (Å²) in [6, 6.07) is 1.66. The number of imide groups is 1. The van der Waals surface area contributed by atoms with E-state index in [-0.39, 0.29) is 18.2 Å². The highest BCUT2D eigenvalue weighted by atomic mass is 16.2. The van der Waals surface area contributed by atoms with E-state index in [2.05, 4.69) is 21.0 Å². The van der Waals surface area contributed by atoms with Crippen molar-refractivity contribution in [3.63, 3.8) is 0 Å². The summed E-state index contributed by atoms with van der Waals surface area (Å²) in [7, 11) is 0. The molecule has 1 aromatic heterocycles. The molecule has 0 radical (unpaired) electrons. The van der Waals surface area contributed by atoms with Gasteiger partial charge in [-0.1, -0.05) is 0 Å². The Morgan fingerprint density at radius 1 is 1.41 bits per heavy atom. The molecule has 3 rings (SSSR count). The van der Waals surface area contributed by atoms with Crippen molar-refractivity contribution in [3.05, 3.63) is 12.3 Å². The van der Waals surface area contributed by atoms with E-state index >= 15 is 0 Å². The normalized spacial score (nSPS) is 24.6. The molecular formula is C10H13N5O2. The number of carbonyl (C=O) groups is 2. The van der Waals surface area contributed by atoms with Gasteiger partial charge in [-0.15, -0.1) is 0 Å². The van der Waals surface area contributed by atoms with Crippen LogP contribution in [-0.4, -0.2) is 40.7 Å². The van der Waals surface area contributed by atoms with E-state index in [4.69, 9.17) is 0 Å². The molecule has 0 saturated carbocycles. The third-order valence-electron chi connectivity index (χ3n) is 3.07. The molecule has 1 unspecified atom stereocenters. The van der Waals surface area contributed by atoms with Crippen LogP contribution in [0.25, 0.3) is 0 Å². The molecule has 0 bridgehead atoms. The van der Waals surface area contributed by atoms with Crippen LogP contribution < -0.4 is 16.0 Å². The van der Waals surface area contributed by atoms with Crippen molar-refractivity contribution in [1.82, 2.24) is 20.4 Å². The first-order valence-electron chi connectivity index (χ1n) is 5.58. The Labute approximate surface area is 97.6 Å². The second kappa shape index (κ2) is 3.85. The van der Waals surface area contributed by atoms with Crippen LogP contribution in [0.1, 0.15) is 12.5 Å². The third kappa shape index (κ3) is 1.78. The molecule has 2 saturated heterocycles. The number of hydrogen-bond acceptors (Lipinski definition) is 5. The van der Waals surface area contributed by atoms with Crippen LogP contribution in [0.4, 0.5) is 5.82 Å². The minimum Gasteiger partial charge on any atom is -0.358 e.